The molecule has 0 saturated carbocycles. The number of hydrogen-bond acceptors (Lipinski definition) is 7. The number of anilines is 1. The van der Waals surface area contributed by atoms with E-state index in [0.717, 1.165) is 19.4 Å². The van der Waals surface area contributed by atoms with Crippen molar-refractivity contribution in [2.24, 2.45) is 5.73 Å². The average Bonchev–Trinajstić information content (AvgIpc) is 2.46. The van der Waals surface area contributed by atoms with Crippen molar-refractivity contribution in [1.29, 1.82) is 0 Å². The van der Waals surface area contributed by atoms with Crippen molar-refractivity contribution < 1.29 is 9.66 Å². The Morgan fingerprint density at radius 1 is 1.58 bits per heavy atom. The quantitative estimate of drug-likeness (QED) is 0.618. The normalized spacial score (nSPS) is 23.4. The smallest absolute Gasteiger partial charge is 0.305 e. The minimum absolute atomic E-state index is 0.0974. The highest BCUT2D eigenvalue weighted by Crippen LogP contribution is 2.23. The lowest BCUT2D eigenvalue weighted by atomic mass is 10.00. The van der Waals surface area contributed by atoms with Crippen LogP contribution >= 0.6 is 0 Å². The zero-order valence-electron chi connectivity index (χ0n) is 10.7. The Hall–Kier alpha value is -1.80. The highest BCUT2D eigenvalue weighted by Gasteiger charge is 2.29. The first-order chi connectivity index (χ1) is 9.15. The molecule has 0 aromatic carbocycles. The Bertz CT molecular complexity index is 438. The fourth-order valence-electron chi connectivity index (χ4n) is 2.27. The molecule has 19 heavy (non-hydrogen) atoms. The standard InChI is InChI=1S/C11H17N5O3/c1-19-10-2-3-15(8(4-10)5-12)11-13-6-9(7-14-11)16(17)18/h6-8,10H,2-5,12H2,1H3. The monoisotopic (exact) mass is 267 g/mol. The van der Waals surface area contributed by atoms with Gasteiger partial charge < -0.3 is 15.4 Å². The van der Waals surface area contributed by atoms with Crippen LogP contribution in [0.1, 0.15) is 12.8 Å². The van der Waals surface area contributed by atoms with Crippen LogP contribution < -0.4 is 10.6 Å². The molecule has 8 heteroatoms. The van der Waals surface area contributed by atoms with Gasteiger partial charge in [-0.3, -0.25) is 10.1 Å². The maximum Gasteiger partial charge on any atom is 0.305 e. The molecule has 2 atom stereocenters. The minimum Gasteiger partial charge on any atom is -0.381 e. The molecule has 2 N–H and O–H groups in total. The summed E-state index contributed by atoms with van der Waals surface area (Å²) in [6.45, 7) is 1.21. The van der Waals surface area contributed by atoms with Gasteiger partial charge in [0, 0.05) is 26.2 Å². The van der Waals surface area contributed by atoms with E-state index in [2.05, 4.69) is 9.97 Å². The lowest BCUT2D eigenvalue weighted by Crippen LogP contribution is -2.49. The van der Waals surface area contributed by atoms with Gasteiger partial charge in [0.05, 0.1) is 11.0 Å². The zero-order chi connectivity index (χ0) is 13.8. The van der Waals surface area contributed by atoms with Gasteiger partial charge in [-0.2, -0.15) is 0 Å². The molecule has 0 amide bonds. The van der Waals surface area contributed by atoms with Crippen LogP contribution in [-0.2, 0) is 4.74 Å². The molecule has 2 rings (SSSR count). The van der Waals surface area contributed by atoms with E-state index < -0.39 is 4.92 Å². The Kier molecular flexibility index (Phi) is 4.23. The molecule has 2 heterocycles. The fraction of sp³-hybridized carbons (Fsp3) is 0.636. The second kappa shape index (κ2) is 5.89. The molecular formula is C11H17N5O3. The van der Waals surface area contributed by atoms with Crippen LogP contribution in [0.5, 0.6) is 0 Å². The van der Waals surface area contributed by atoms with E-state index in [1.54, 1.807) is 7.11 Å². The van der Waals surface area contributed by atoms with Crippen molar-refractivity contribution in [3.63, 3.8) is 0 Å². The van der Waals surface area contributed by atoms with Gasteiger partial charge >= 0.3 is 5.69 Å². The molecule has 104 valence electrons. The number of methoxy groups -OCH3 is 1. The maximum absolute atomic E-state index is 10.6. The summed E-state index contributed by atoms with van der Waals surface area (Å²) in [7, 11) is 1.69. The lowest BCUT2D eigenvalue weighted by Gasteiger charge is -2.38. The van der Waals surface area contributed by atoms with Crippen LogP contribution in [0.25, 0.3) is 0 Å². The molecule has 1 aliphatic heterocycles. The molecule has 1 aromatic heterocycles. The minimum atomic E-state index is -0.513. The van der Waals surface area contributed by atoms with Crippen molar-refractivity contribution in [2.75, 3.05) is 25.1 Å². The third kappa shape index (κ3) is 2.96. The third-order valence-electron chi connectivity index (χ3n) is 3.37. The highest BCUT2D eigenvalue weighted by molar-refractivity contribution is 5.36. The first kappa shape index (κ1) is 13.6. The van der Waals surface area contributed by atoms with Gasteiger partial charge in [-0.05, 0) is 12.8 Å². The Balaban J connectivity index is 2.13. The van der Waals surface area contributed by atoms with Crippen molar-refractivity contribution in [3.05, 3.63) is 22.5 Å². The number of hydrogen-bond donors (Lipinski definition) is 1. The first-order valence-corrected chi connectivity index (χ1v) is 6.11. The maximum atomic E-state index is 10.6. The van der Waals surface area contributed by atoms with Crippen LogP contribution in [0.15, 0.2) is 12.4 Å². The molecular weight excluding hydrogens is 250 g/mol. The molecule has 1 fully saturated rings. The molecule has 1 aromatic rings. The summed E-state index contributed by atoms with van der Waals surface area (Å²) >= 11 is 0. The van der Waals surface area contributed by atoms with Crippen molar-refractivity contribution in [2.45, 2.75) is 25.0 Å². The van der Waals surface area contributed by atoms with E-state index in [4.69, 9.17) is 10.5 Å². The van der Waals surface area contributed by atoms with Crippen LogP contribution in [0.4, 0.5) is 11.6 Å². The van der Waals surface area contributed by atoms with Crippen molar-refractivity contribution in [3.8, 4) is 0 Å². The number of nitrogens with two attached hydrogens (primary N) is 1. The number of piperidine rings is 1. The van der Waals surface area contributed by atoms with Gasteiger partial charge in [0.1, 0.15) is 12.4 Å². The van der Waals surface area contributed by atoms with Gasteiger partial charge in [0.25, 0.3) is 0 Å². The van der Waals surface area contributed by atoms with Gasteiger partial charge in [-0.25, -0.2) is 9.97 Å². The number of rotatable bonds is 4. The number of nitro groups is 1. The van der Waals surface area contributed by atoms with Crippen LogP contribution in [0.3, 0.4) is 0 Å². The molecule has 0 spiro atoms. The summed E-state index contributed by atoms with van der Waals surface area (Å²) in [5, 5.41) is 10.6. The largest absolute Gasteiger partial charge is 0.381 e. The van der Waals surface area contributed by atoms with E-state index in [1.165, 1.54) is 12.4 Å². The Morgan fingerprint density at radius 3 is 2.79 bits per heavy atom. The first-order valence-electron chi connectivity index (χ1n) is 6.11. The fourth-order valence-corrected chi connectivity index (χ4v) is 2.27. The Labute approximate surface area is 110 Å². The second-order valence-corrected chi connectivity index (χ2v) is 4.46. The topological polar surface area (TPSA) is 107 Å². The molecule has 1 aliphatic rings. The number of nitrogens with zero attached hydrogens (tertiary/aromatic N) is 4. The van der Waals surface area contributed by atoms with Gasteiger partial charge in [0.15, 0.2) is 0 Å². The van der Waals surface area contributed by atoms with E-state index in [-0.39, 0.29) is 17.8 Å². The third-order valence-corrected chi connectivity index (χ3v) is 3.37. The zero-order valence-corrected chi connectivity index (χ0v) is 10.7. The predicted octanol–water partition coefficient (Wildman–Crippen LogP) is 0.327. The molecule has 0 radical (unpaired) electrons. The summed E-state index contributed by atoms with van der Waals surface area (Å²) in [6, 6.07) is 0.0974. The molecule has 1 saturated heterocycles. The highest BCUT2D eigenvalue weighted by atomic mass is 16.6. The molecule has 0 aliphatic carbocycles. The van der Waals surface area contributed by atoms with E-state index in [1.807, 2.05) is 4.90 Å². The summed E-state index contributed by atoms with van der Waals surface area (Å²) in [5.74, 6) is 0.482. The van der Waals surface area contributed by atoms with Crippen LogP contribution in [0, 0.1) is 10.1 Å². The summed E-state index contributed by atoms with van der Waals surface area (Å²) in [5.41, 5.74) is 5.65. The lowest BCUT2D eigenvalue weighted by molar-refractivity contribution is -0.385. The summed E-state index contributed by atoms with van der Waals surface area (Å²) in [4.78, 5) is 20.1. The number of aromatic nitrogens is 2. The van der Waals surface area contributed by atoms with Crippen molar-refractivity contribution in [1.82, 2.24) is 9.97 Å². The van der Waals surface area contributed by atoms with Gasteiger partial charge in [-0.15, -0.1) is 0 Å². The Morgan fingerprint density at radius 2 is 2.26 bits per heavy atom. The average molecular weight is 267 g/mol. The number of ether oxygens (including phenoxy) is 1. The second-order valence-electron chi connectivity index (χ2n) is 4.46. The summed E-state index contributed by atoms with van der Waals surface area (Å²) in [6.07, 6.45) is 4.32. The van der Waals surface area contributed by atoms with Crippen LogP contribution in [-0.4, -0.2) is 47.2 Å². The van der Waals surface area contributed by atoms with Crippen molar-refractivity contribution >= 4 is 11.6 Å². The summed E-state index contributed by atoms with van der Waals surface area (Å²) < 4.78 is 5.35. The molecule has 8 nitrogen and oxygen atoms in total. The van der Waals surface area contributed by atoms with Gasteiger partial charge in [0.2, 0.25) is 5.95 Å². The SMILES string of the molecule is COC1CCN(c2ncc([N+](=O)[O-])cn2)C(CN)C1. The van der Waals surface area contributed by atoms with Crippen LogP contribution in [0.2, 0.25) is 0 Å². The molecule has 2 unspecified atom stereocenters. The molecule has 0 bridgehead atoms. The van der Waals surface area contributed by atoms with E-state index in [0.29, 0.717) is 12.5 Å². The van der Waals surface area contributed by atoms with E-state index in [9.17, 15) is 10.1 Å². The van der Waals surface area contributed by atoms with E-state index >= 15 is 0 Å². The van der Waals surface area contributed by atoms with Gasteiger partial charge in [-0.1, -0.05) is 0 Å². The predicted molar refractivity (Wildman–Crippen MR) is 68.9 cm³/mol.